The van der Waals surface area contributed by atoms with Crippen molar-refractivity contribution in [1.29, 1.82) is 0 Å². The SMILES string of the molecule is ClCCCCNCc1ccc(Br)cc1Cl. The van der Waals surface area contributed by atoms with Crippen LogP contribution in [0.25, 0.3) is 0 Å². The van der Waals surface area contributed by atoms with Crippen molar-refractivity contribution in [3.8, 4) is 0 Å². The highest BCUT2D eigenvalue weighted by Crippen LogP contribution is 2.21. The minimum atomic E-state index is 0.737. The minimum Gasteiger partial charge on any atom is -0.313 e. The summed E-state index contributed by atoms with van der Waals surface area (Å²) in [7, 11) is 0. The summed E-state index contributed by atoms with van der Waals surface area (Å²) in [6.45, 7) is 1.80. The van der Waals surface area contributed by atoms with E-state index in [1.54, 1.807) is 0 Å². The maximum Gasteiger partial charge on any atom is 0.0462 e. The quantitative estimate of drug-likeness (QED) is 0.613. The molecule has 0 radical (unpaired) electrons. The summed E-state index contributed by atoms with van der Waals surface area (Å²) in [5, 5.41) is 4.14. The normalized spacial score (nSPS) is 10.6. The van der Waals surface area contributed by atoms with Gasteiger partial charge in [0, 0.05) is 21.9 Å². The molecule has 0 amide bonds. The van der Waals surface area contributed by atoms with Crippen LogP contribution in [0.5, 0.6) is 0 Å². The second kappa shape index (κ2) is 7.50. The van der Waals surface area contributed by atoms with Crippen molar-refractivity contribution >= 4 is 39.1 Å². The number of halogens is 3. The molecule has 4 heteroatoms. The van der Waals surface area contributed by atoms with Gasteiger partial charge in [0.25, 0.3) is 0 Å². The average Bonchev–Trinajstić information content (AvgIpc) is 2.20. The molecule has 1 N–H and O–H groups in total. The standard InChI is InChI=1S/C11H14BrCl2N/c12-10-4-3-9(11(14)7-10)8-15-6-2-1-5-13/h3-4,7,15H,1-2,5-6,8H2. The zero-order valence-electron chi connectivity index (χ0n) is 8.40. The topological polar surface area (TPSA) is 12.0 Å². The Morgan fingerprint density at radius 3 is 2.73 bits per heavy atom. The van der Waals surface area contributed by atoms with E-state index in [0.29, 0.717) is 0 Å². The number of hydrogen-bond donors (Lipinski definition) is 1. The number of unbranched alkanes of at least 4 members (excludes halogenated alkanes) is 1. The van der Waals surface area contributed by atoms with Crippen molar-refractivity contribution < 1.29 is 0 Å². The average molecular weight is 311 g/mol. The second-order valence-electron chi connectivity index (χ2n) is 3.31. The molecule has 1 aromatic carbocycles. The fourth-order valence-corrected chi connectivity index (χ4v) is 2.16. The van der Waals surface area contributed by atoms with Crippen LogP contribution in [-0.2, 0) is 6.54 Å². The fraction of sp³-hybridized carbons (Fsp3) is 0.455. The van der Waals surface area contributed by atoms with Gasteiger partial charge in [-0.15, -0.1) is 11.6 Å². The lowest BCUT2D eigenvalue weighted by Crippen LogP contribution is -2.15. The molecule has 0 saturated heterocycles. The molecule has 0 atom stereocenters. The molecule has 0 spiro atoms. The van der Waals surface area contributed by atoms with Crippen LogP contribution in [0.15, 0.2) is 22.7 Å². The number of hydrogen-bond acceptors (Lipinski definition) is 1. The number of rotatable bonds is 6. The second-order valence-corrected chi connectivity index (χ2v) is 5.01. The van der Waals surface area contributed by atoms with E-state index in [-0.39, 0.29) is 0 Å². The van der Waals surface area contributed by atoms with Gasteiger partial charge < -0.3 is 5.32 Å². The van der Waals surface area contributed by atoms with Gasteiger partial charge >= 0.3 is 0 Å². The molecule has 0 bridgehead atoms. The van der Waals surface area contributed by atoms with E-state index < -0.39 is 0 Å². The maximum absolute atomic E-state index is 6.08. The van der Waals surface area contributed by atoms with Crippen LogP contribution in [0.2, 0.25) is 5.02 Å². The van der Waals surface area contributed by atoms with Crippen LogP contribution in [0, 0.1) is 0 Å². The lowest BCUT2D eigenvalue weighted by molar-refractivity contribution is 0.643. The highest BCUT2D eigenvalue weighted by Gasteiger charge is 1.99. The third-order valence-corrected chi connectivity index (χ3v) is 3.18. The van der Waals surface area contributed by atoms with Gasteiger partial charge in [-0.25, -0.2) is 0 Å². The van der Waals surface area contributed by atoms with Crippen molar-refractivity contribution in [3.63, 3.8) is 0 Å². The van der Waals surface area contributed by atoms with Crippen LogP contribution < -0.4 is 5.32 Å². The molecule has 1 aromatic rings. The molecular formula is C11H14BrCl2N. The Bertz CT molecular complexity index is 305. The van der Waals surface area contributed by atoms with E-state index in [9.17, 15) is 0 Å². The first kappa shape index (κ1) is 13.3. The lowest BCUT2D eigenvalue weighted by Gasteiger charge is -2.06. The van der Waals surface area contributed by atoms with Gasteiger partial charge in [0.1, 0.15) is 0 Å². The summed E-state index contributed by atoms with van der Waals surface area (Å²) in [5.41, 5.74) is 1.13. The Morgan fingerprint density at radius 1 is 1.27 bits per heavy atom. The van der Waals surface area contributed by atoms with Gasteiger partial charge in [-0.2, -0.15) is 0 Å². The van der Waals surface area contributed by atoms with Crippen LogP contribution in [0.4, 0.5) is 0 Å². The van der Waals surface area contributed by atoms with E-state index in [4.69, 9.17) is 23.2 Å². The molecule has 0 fully saturated rings. The van der Waals surface area contributed by atoms with Gasteiger partial charge in [0.15, 0.2) is 0 Å². The molecule has 15 heavy (non-hydrogen) atoms. The van der Waals surface area contributed by atoms with Crippen molar-refractivity contribution in [1.82, 2.24) is 5.32 Å². The summed E-state index contributed by atoms with van der Waals surface area (Å²) < 4.78 is 1.01. The summed E-state index contributed by atoms with van der Waals surface area (Å²) in [6.07, 6.45) is 2.17. The third kappa shape index (κ3) is 5.21. The van der Waals surface area contributed by atoms with Crippen LogP contribution >= 0.6 is 39.1 Å². The van der Waals surface area contributed by atoms with E-state index in [1.165, 1.54) is 0 Å². The van der Waals surface area contributed by atoms with Crippen molar-refractivity contribution in [2.75, 3.05) is 12.4 Å². The summed E-state index contributed by atoms with van der Waals surface area (Å²) in [6, 6.07) is 5.94. The Balaban J connectivity index is 2.31. The Kier molecular flexibility index (Phi) is 6.66. The fourth-order valence-electron chi connectivity index (χ4n) is 1.23. The molecule has 0 aliphatic heterocycles. The van der Waals surface area contributed by atoms with E-state index >= 15 is 0 Å². The van der Waals surface area contributed by atoms with E-state index in [0.717, 1.165) is 46.9 Å². The van der Waals surface area contributed by atoms with Crippen LogP contribution in [0.1, 0.15) is 18.4 Å². The molecule has 0 aromatic heterocycles. The van der Waals surface area contributed by atoms with Gasteiger partial charge in [-0.3, -0.25) is 0 Å². The number of nitrogens with one attached hydrogen (secondary N) is 1. The van der Waals surface area contributed by atoms with Crippen molar-refractivity contribution in [2.45, 2.75) is 19.4 Å². The zero-order valence-corrected chi connectivity index (χ0v) is 11.5. The summed E-state index contributed by atoms with van der Waals surface area (Å²) in [5.74, 6) is 0.737. The Hall–Kier alpha value is 0.240. The van der Waals surface area contributed by atoms with Gasteiger partial charge in [-0.1, -0.05) is 33.6 Å². The molecule has 0 saturated carbocycles. The smallest absolute Gasteiger partial charge is 0.0462 e. The lowest BCUT2D eigenvalue weighted by atomic mass is 10.2. The molecule has 0 unspecified atom stereocenters. The number of alkyl halides is 1. The Labute approximate surface area is 109 Å². The summed E-state index contributed by atoms with van der Waals surface area (Å²) >= 11 is 15.0. The predicted molar refractivity (Wildman–Crippen MR) is 70.8 cm³/mol. The maximum atomic E-state index is 6.08. The molecule has 0 heterocycles. The first-order chi connectivity index (χ1) is 7.24. The Morgan fingerprint density at radius 2 is 2.07 bits per heavy atom. The first-order valence-electron chi connectivity index (χ1n) is 4.94. The number of benzene rings is 1. The third-order valence-electron chi connectivity index (χ3n) is 2.07. The molecular weight excluding hydrogens is 297 g/mol. The summed E-state index contributed by atoms with van der Waals surface area (Å²) in [4.78, 5) is 0. The van der Waals surface area contributed by atoms with Gasteiger partial charge in [0.2, 0.25) is 0 Å². The van der Waals surface area contributed by atoms with Crippen molar-refractivity contribution in [3.05, 3.63) is 33.3 Å². The van der Waals surface area contributed by atoms with Crippen LogP contribution in [0.3, 0.4) is 0 Å². The van der Waals surface area contributed by atoms with E-state index in [1.807, 2.05) is 18.2 Å². The molecule has 0 aliphatic carbocycles. The molecule has 84 valence electrons. The highest BCUT2D eigenvalue weighted by atomic mass is 79.9. The first-order valence-corrected chi connectivity index (χ1v) is 6.65. The molecule has 0 aliphatic rings. The largest absolute Gasteiger partial charge is 0.313 e. The molecule has 1 rings (SSSR count). The predicted octanol–water partition coefficient (Wildman–Crippen LogP) is 4.21. The van der Waals surface area contributed by atoms with E-state index in [2.05, 4.69) is 21.2 Å². The van der Waals surface area contributed by atoms with Gasteiger partial charge in [0.05, 0.1) is 0 Å². The highest BCUT2D eigenvalue weighted by molar-refractivity contribution is 9.10. The monoisotopic (exact) mass is 309 g/mol. The zero-order chi connectivity index (χ0) is 11.1. The van der Waals surface area contributed by atoms with Crippen molar-refractivity contribution in [2.24, 2.45) is 0 Å². The van der Waals surface area contributed by atoms with Gasteiger partial charge in [-0.05, 0) is 37.1 Å². The minimum absolute atomic E-state index is 0.737. The van der Waals surface area contributed by atoms with Crippen LogP contribution in [-0.4, -0.2) is 12.4 Å². The molecule has 1 nitrogen and oxygen atoms in total.